The molecule has 0 fully saturated rings. The van der Waals surface area contributed by atoms with Gasteiger partial charge in [0.15, 0.2) is 0 Å². The Morgan fingerprint density at radius 1 is 1.38 bits per heavy atom. The summed E-state index contributed by atoms with van der Waals surface area (Å²) in [5, 5.41) is 9.51. The number of aliphatic hydroxyl groups is 1. The van der Waals surface area contributed by atoms with Crippen molar-refractivity contribution in [2.75, 3.05) is 5.88 Å². The van der Waals surface area contributed by atoms with E-state index in [2.05, 4.69) is 54.9 Å². The molecule has 0 spiro atoms. The van der Waals surface area contributed by atoms with E-state index in [-0.39, 0.29) is 11.3 Å². The molecule has 0 saturated heterocycles. The summed E-state index contributed by atoms with van der Waals surface area (Å²) in [6.07, 6.45) is 0.118. The second kappa shape index (κ2) is 5.52. The minimum Gasteiger partial charge on any atom is -0.392 e. The fourth-order valence-electron chi connectivity index (χ4n) is 1.49. The molecule has 1 aromatic rings. The standard InChI is InChI=1S/C13H18BrClO/c1-13(2,3)10-5-4-9(12(14)7-10)6-11(16)8-15/h4-5,7,11,16H,6,8H2,1-3H3. The smallest absolute Gasteiger partial charge is 0.0716 e. The zero-order valence-electron chi connectivity index (χ0n) is 9.93. The summed E-state index contributed by atoms with van der Waals surface area (Å²) < 4.78 is 1.05. The van der Waals surface area contributed by atoms with E-state index in [9.17, 15) is 5.11 Å². The minimum atomic E-state index is -0.474. The summed E-state index contributed by atoms with van der Waals surface area (Å²) in [7, 11) is 0. The van der Waals surface area contributed by atoms with E-state index in [1.165, 1.54) is 5.56 Å². The molecular weight excluding hydrogens is 287 g/mol. The Bertz CT molecular complexity index is 357. The van der Waals surface area contributed by atoms with Crippen molar-refractivity contribution in [3.8, 4) is 0 Å². The van der Waals surface area contributed by atoms with Crippen LogP contribution in [0.1, 0.15) is 31.9 Å². The van der Waals surface area contributed by atoms with E-state index in [4.69, 9.17) is 11.6 Å². The van der Waals surface area contributed by atoms with Gasteiger partial charge in [0.2, 0.25) is 0 Å². The third kappa shape index (κ3) is 3.76. The van der Waals surface area contributed by atoms with Crippen molar-refractivity contribution < 1.29 is 5.11 Å². The zero-order valence-corrected chi connectivity index (χ0v) is 12.3. The highest BCUT2D eigenvalue weighted by atomic mass is 79.9. The number of benzene rings is 1. The van der Waals surface area contributed by atoms with Gasteiger partial charge in [-0.25, -0.2) is 0 Å². The number of alkyl halides is 1. The highest BCUT2D eigenvalue weighted by Gasteiger charge is 2.15. The van der Waals surface area contributed by atoms with Crippen LogP contribution < -0.4 is 0 Å². The maximum atomic E-state index is 9.51. The Balaban J connectivity index is 2.92. The molecule has 0 radical (unpaired) electrons. The van der Waals surface area contributed by atoms with E-state index >= 15 is 0 Å². The fraction of sp³-hybridized carbons (Fsp3) is 0.538. The van der Waals surface area contributed by atoms with Crippen molar-refractivity contribution in [2.24, 2.45) is 0 Å². The molecule has 3 heteroatoms. The normalized spacial score (nSPS) is 13.9. The molecule has 1 aromatic carbocycles. The van der Waals surface area contributed by atoms with Crippen LogP contribution in [0.2, 0.25) is 0 Å². The van der Waals surface area contributed by atoms with Gasteiger partial charge >= 0.3 is 0 Å². The lowest BCUT2D eigenvalue weighted by Gasteiger charge is -2.20. The predicted molar refractivity (Wildman–Crippen MR) is 73.3 cm³/mol. The van der Waals surface area contributed by atoms with Gasteiger partial charge in [-0.3, -0.25) is 0 Å². The number of halogens is 2. The molecule has 90 valence electrons. The monoisotopic (exact) mass is 304 g/mol. The van der Waals surface area contributed by atoms with E-state index in [1.54, 1.807) is 0 Å². The first kappa shape index (κ1) is 14.0. The van der Waals surface area contributed by atoms with Gasteiger partial charge in [0.05, 0.1) is 6.10 Å². The van der Waals surface area contributed by atoms with Gasteiger partial charge < -0.3 is 5.11 Å². The molecule has 1 rings (SSSR count). The third-order valence-electron chi connectivity index (χ3n) is 2.55. The fourth-order valence-corrected chi connectivity index (χ4v) is 2.14. The number of hydrogen-bond donors (Lipinski definition) is 1. The molecular formula is C13H18BrClO. The lowest BCUT2D eigenvalue weighted by Crippen LogP contribution is -2.14. The maximum Gasteiger partial charge on any atom is 0.0716 e. The van der Waals surface area contributed by atoms with Crippen LogP contribution in [0.15, 0.2) is 22.7 Å². The van der Waals surface area contributed by atoms with Crippen LogP contribution in [-0.2, 0) is 11.8 Å². The van der Waals surface area contributed by atoms with Gasteiger partial charge in [0.25, 0.3) is 0 Å². The van der Waals surface area contributed by atoms with Crippen molar-refractivity contribution in [2.45, 2.75) is 38.7 Å². The summed E-state index contributed by atoms with van der Waals surface area (Å²) in [6, 6.07) is 6.29. The molecule has 1 nitrogen and oxygen atoms in total. The van der Waals surface area contributed by atoms with E-state index < -0.39 is 6.10 Å². The highest BCUT2D eigenvalue weighted by molar-refractivity contribution is 9.10. The van der Waals surface area contributed by atoms with Crippen LogP contribution in [0, 0.1) is 0 Å². The molecule has 0 aliphatic rings. The summed E-state index contributed by atoms with van der Waals surface area (Å²) in [4.78, 5) is 0. The van der Waals surface area contributed by atoms with Gasteiger partial charge in [-0.2, -0.15) is 0 Å². The lowest BCUT2D eigenvalue weighted by molar-refractivity contribution is 0.198. The van der Waals surface area contributed by atoms with Crippen molar-refractivity contribution >= 4 is 27.5 Å². The van der Waals surface area contributed by atoms with Crippen molar-refractivity contribution in [3.05, 3.63) is 33.8 Å². The zero-order chi connectivity index (χ0) is 12.3. The van der Waals surface area contributed by atoms with Crippen LogP contribution in [0.4, 0.5) is 0 Å². The maximum absolute atomic E-state index is 9.51. The molecule has 0 amide bonds. The first-order valence-corrected chi connectivity index (χ1v) is 6.70. The summed E-state index contributed by atoms with van der Waals surface area (Å²) in [6.45, 7) is 6.55. The first-order valence-electron chi connectivity index (χ1n) is 5.37. The van der Waals surface area contributed by atoms with Crippen molar-refractivity contribution in [3.63, 3.8) is 0 Å². The summed E-state index contributed by atoms with van der Waals surface area (Å²) in [5.41, 5.74) is 2.52. The minimum absolute atomic E-state index is 0.145. The Hall–Kier alpha value is -0.0500. The van der Waals surface area contributed by atoms with Crippen LogP contribution >= 0.6 is 27.5 Å². The molecule has 1 N–H and O–H groups in total. The van der Waals surface area contributed by atoms with Crippen LogP contribution in [0.3, 0.4) is 0 Å². The number of aliphatic hydroxyl groups excluding tert-OH is 1. The molecule has 0 aliphatic carbocycles. The molecule has 0 aliphatic heterocycles. The SMILES string of the molecule is CC(C)(C)c1ccc(CC(O)CCl)c(Br)c1. The van der Waals surface area contributed by atoms with Crippen molar-refractivity contribution in [1.82, 2.24) is 0 Å². The average Bonchev–Trinajstić information content (AvgIpc) is 2.19. The second-order valence-electron chi connectivity index (χ2n) is 5.07. The van der Waals surface area contributed by atoms with E-state index in [0.29, 0.717) is 6.42 Å². The highest BCUT2D eigenvalue weighted by Crippen LogP contribution is 2.28. The topological polar surface area (TPSA) is 20.2 Å². The number of hydrogen-bond acceptors (Lipinski definition) is 1. The molecule has 1 unspecified atom stereocenters. The Kier molecular flexibility index (Phi) is 4.84. The molecule has 16 heavy (non-hydrogen) atoms. The third-order valence-corrected chi connectivity index (χ3v) is 3.65. The lowest BCUT2D eigenvalue weighted by atomic mass is 9.86. The number of rotatable bonds is 3. The Morgan fingerprint density at radius 2 is 2.00 bits per heavy atom. The quantitative estimate of drug-likeness (QED) is 0.840. The van der Waals surface area contributed by atoms with Crippen LogP contribution in [-0.4, -0.2) is 17.1 Å². The Morgan fingerprint density at radius 3 is 2.44 bits per heavy atom. The van der Waals surface area contributed by atoms with Crippen LogP contribution in [0.25, 0.3) is 0 Å². The van der Waals surface area contributed by atoms with Crippen molar-refractivity contribution in [1.29, 1.82) is 0 Å². The largest absolute Gasteiger partial charge is 0.392 e. The molecule has 0 aromatic heterocycles. The van der Waals surface area contributed by atoms with Gasteiger partial charge in [0, 0.05) is 16.8 Å². The first-order chi connectivity index (χ1) is 7.34. The summed E-state index contributed by atoms with van der Waals surface area (Å²) in [5.74, 6) is 0.271. The second-order valence-corrected chi connectivity index (χ2v) is 6.23. The van der Waals surface area contributed by atoms with Crippen LogP contribution in [0.5, 0.6) is 0 Å². The molecule has 0 heterocycles. The van der Waals surface area contributed by atoms with Gasteiger partial charge in [-0.15, -0.1) is 11.6 Å². The van der Waals surface area contributed by atoms with E-state index in [1.807, 2.05) is 0 Å². The van der Waals surface area contributed by atoms with Gasteiger partial charge in [0.1, 0.15) is 0 Å². The molecule has 1 atom stereocenters. The average molecular weight is 306 g/mol. The van der Waals surface area contributed by atoms with E-state index in [0.717, 1.165) is 10.0 Å². The molecule has 0 saturated carbocycles. The van der Waals surface area contributed by atoms with Gasteiger partial charge in [-0.1, -0.05) is 48.8 Å². The summed E-state index contributed by atoms with van der Waals surface area (Å²) >= 11 is 9.14. The van der Waals surface area contributed by atoms with Gasteiger partial charge in [-0.05, 0) is 22.6 Å². The molecule has 0 bridgehead atoms. The predicted octanol–water partition coefficient (Wildman–Crippen LogP) is 3.89. The Labute approximate surface area is 111 Å².